The normalized spacial score (nSPS) is 21.1. The van der Waals surface area contributed by atoms with Gasteiger partial charge in [0.25, 0.3) is 5.91 Å². The molecule has 0 aliphatic carbocycles. The summed E-state index contributed by atoms with van der Waals surface area (Å²) in [4.78, 5) is 14.9. The average Bonchev–Trinajstić information content (AvgIpc) is 3.10. The van der Waals surface area contributed by atoms with E-state index in [0.29, 0.717) is 18.7 Å². The number of fused-ring (bicyclic) bond motifs is 1. The van der Waals surface area contributed by atoms with Crippen LogP contribution < -0.4 is 0 Å². The van der Waals surface area contributed by atoms with Crippen molar-refractivity contribution >= 4 is 16.8 Å². The zero-order valence-electron chi connectivity index (χ0n) is 13.5. The lowest BCUT2D eigenvalue weighted by atomic mass is 10.0. The Bertz CT molecular complexity index is 859. The highest BCUT2D eigenvalue weighted by molar-refractivity contribution is 6.06. The van der Waals surface area contributed by atoms with Crippen molar-refractivity contribution in [2.45, 2.75) is 19.1 Å². The van der Waals surface area contributed by atoms with E-state index >= 15 is 0 Å². The van der Waals surface area contributed by atoms with E-state index in [1.54, 1.807) is 6.20 Å². The van der Waals surface area contributed by atoms with Crippen LogP contribution in [0.3, 0.4) is 0 Å². The molecular formula is C19H19N3O2. The van der Waals surface area contributed by atoms with Crippen molar-refractivity contribution < 1.29 is 9.53 Å². The van der Waals surface area contributed by atoms with Crippen LogP contribution in [0.1, 0.15) is 28.9 Å². The first-order valence-corrected chi connectivity index (χ1v) is 8.14. The van der Waals surface area contributed by atoms with E-state index in [0.717, 1.165) is 16.5 Å². The number of H-pyrrole nitrogens is 1. The lowest BCUT2D eigenvalue weighted by Gasteiger charge is -2.37. The molecule has 0 radical (unpaired) electrons. The van der Waals surface area contributed by atoms with Gasteiger partial charge >= 0.3 is 0 Å². The van der Waals surface area contributed by atoms with Crippen LogP contribution in [0.15, 0.2) is 54.7 Å². The molecular weight excluding hydrogens is 302 g/mol. The molecule has 1 aliphatic rings. The molecule has 1 amide bonds. The highest BCUT2D eigenvalue weighted by atomic mass is 16.5. The number of benzene rings is 2. The Labute approximate surface area is 140 Å². The Balaban J connectivity index is 1.63. The molecule has 122 valence electrons. The minimum absolute atomic E-state index is 0.00328. The fraction of sp³-hybridized carbons (Fsp3) is 0.263. The molecule has 1 fully saturated rings. The molecule has 0 saturated carbocycles. The Morgan fingerprint density at radius 1 is 1.17 bits per heavy atom. The van der Waals surface area contributed by atoms with Gasteiger partial charge in [-0.2, -0.15) is 5.10 Å². The third kappa shape index (κ3) is 2.67. The fourth-order valence-electron chi connectivity index (χ4n) is 3.29. The summed E-state index contributed by atoms with van der Waals surface area (Å²) in [5, 5.41) is 7.82. The van der Waals surface area contributed by atoms with E-state index in [4.69, 9.17) is 4.74 Å². The van der Waals surface area contributed by atoms with E-state index in [1.807, 2.05) is 60.4 Å². The number of rotatable bonds is 2. The first-order valence-electron chi connectivity index (χ1n) is 8.14. The van der Waals surface area contributed by atoms with Gasteiger partial charge in [0.1, 0.15) is 6.10 Å². The molecule has 1 aromatic heterocycles. The van der Waals surface area contributed by atoms with Gasteiger partial charge < -0.3 is 9.64 Å². The molecule has 1 N–H and O–H groups in total. The molecule has 0 unspecified atom stereocenters. The van der Waals surface area contributed by atoms with Gasteiger partial charge in [-0.25, -0.2) is 0 Å². The van der Waals surface area contributed by atoms with Crippen LogP contribution in [0.4, 0.5) is 0 Å². The van der Waals surface area contributed by atoms with Crippen LogP contribution in [0.5, 0.6) is 0 Å². The van der Waals surface area contributed by atoms with E-state index in [2.05, 4.69) is 10.2 Å². The molecule has 24 heavy (non-hydrogen) atoms. The van der Waals surface area contributed by atoms with Crippen molar-refractivity contribution in [2.24, 2.45) is 0 Å². The molecule has 4 rings (SSSR count). The zero-order chi connectivity index (χ0) is 16.5. The second-order valence-corrected chi connectivity index (χ2v) is 6.19. The summed E-state index contributed by atoms with van der Waals surface area (Å²) in [5.41, 5.74) is 2.66. The standard InChI is InChI=1S/C19H19N3O2/c1-13-11-22(12-18(24-13)14-6-3-2-4-7-14)19(23)15-8-5-9-17-16(15)10-20-21-17/h2-10,13,18H,11-12H2,1H3,(H,20,21)/t13-,18+/m0/s1. The summed E-state index contributed by atoms with van der Waals surface area (Å²) in [6.07, 6.45) is 1.61. The summed E-state index contributed by atoms with van der Waals surface area (Å²) in [5.74, 6) is 0.0260. The Hall–Kier alpha value is -2.66. The van der Waals surface area contributed by atoms with Crippen LogP contribution >= 0.6 is 0 Å². The topological polar surface area (TPSA) is 58.2 Å². The van der Waals surface area contributed by atoms with Crippen molar-refractivity contribution in [3.63, 3.8) is 0 Å². The average molecular weight is 321 g/mol. The third-order valence-corrected chi connectivity index (χ3v) is 4.43. The second kappa shape index (κ2) is 6.09. The van der Waals surface area contributed by atoms with Crippen molar-refractivity contribution in [2.75, 3.05) is 13.1 Å². The summed E-state index contributed by atoms with van der Waals surface area (Å²) >= 11 is 0. The molecule has 0 bridgehead atoms. The van der Waals surface area contributed by atoms with Gasteiger partial charge in [0.2, 0.25) is 0 Å². The number of carbonyl (C=O) groups is 1. The van der Waals surface area contributed by atoms with Gasteiger partial charge in [-0.05, 0) is 24.6 Å². The van der Waals surface area contributed by atoms with Crippen LogP contribution in [-0.4, -0.2) is 40.2 Å². The van der Waals surface area contributed by atoms with Crippen molar-refractivity contribution in [3.05, 3.63) is 65.9 Å². The number of morpholine rings is 1. The number of aromatic amines is 1. The lowest BCUT2D eigenvalue weighted by Crippen LogP contribution is -2.46. The first-order chi connectivity index (χ1) is 11.7. The van der Waals surface area contributed by atoms with Gasteiger partial charge in [-0.15, -0.1) is 0 Å². The molecule has 1 saturated heterocycles. The summed E-state index contributed by atoms with van der Waals surface area (Å²) in [6.45, 7) is 3.16. The molecule has 5 nitrogen and oxygen atoms in total. The highest BCUT2D eigenvalue weighted by Crippen LogP contribution is 2.27. The van der Waals surface area contributed by atoms with Crippen LogP contribution in [0.25, 0.3) is 10.9 Å². The largest absolute Gasteiger partial charge is 0.367 e. The monoisotopic (exact) mass is 321 g/mol. The Kier molecular flexibility index (Phi) is 3.78. The molecule has 2 atom stereocenters. The predicted octanol–water partition coefficient (Wildman–Crippen LogP) is 3.17. The van der Waals surface area contributed by atoms with E-state index in [-0.39, 0.29) is 18.1 Å². The number of nitrogens with zero attached hydrogens (tertiary/aromatic N) is 2. The maximum absolute atomic E-state index is 13.1. The number of aromatic nitrogens is 2. The van der Waals surface area contributed by atoms with E-state index in [9.17, 15) is 4.79 Å². The van der Waals surface area contributed by atoms with Crippen LogP contribution in [0.2, 0.25) is 0 Å². The van der Waals surface area contributed by atoms with Gasteiger partial charge in [0.05, 0.1) is 29.9 Å². The lowest BCUT2D eigenvalue weighted by molar-refractivity contribution is -0.0691. The Morgan fingerprint density at radius 2 is 2.00 bits per heavy atom. The van der Waals surface area contributed by atoms with Gasteiger partial charge in [-0.1, -0.05) is 36.4 Å². The first kappa shape index (κ1) is 14.9. The smallest absolute Gasteiger partial charge is 0.254 e. The quantitative estimate of drug-likeness (QED) is 0.789. The van der Waals surface area contributed by atoms with E-state index < -0.39 is 0 Å². The van der Waals surface area contributed by atoms with Crippen LogP contribution in [0, 0.1) is 0 Å². The number of hydrogen-bond donors (Lipinski definition) is 1. The second-order valence-electron chi connectivity index (χ2n) is 6.19. The number of amides is 1. The van der Waals surface area contributed by atoms with Crippen molar-refractivity contribution in [1.82, 2.24) is 15.1 Å². The summed E-state index contributed by atoms with van der Waals surface area (Å²) in [6, 6.07) is 15.7. The minimum Gasteiger partial charge on any atom is -0.367 e. The third-order valence-electron chi connectivity index (χ3n) is 4.43. The maximum atomic E-state index is 13.1. The van der Waals surface area contributed by atoms with Gasteiger partial charge in [0.15, 0.2) is 0 Å². The molecule has 0 spiro atoms. The van der Waals surface area contributed by atoms with E-state index in [1.165, 1.54) is 0 Å². The van der Waals surface area contributed by atoms with Gasteiger partial charge in [0, 0.05) is 11.9 Å². The molecule has 2 heterocycles. The molecule has 3 aromatic rings. The zero-order valence-corrected chi connectivity index (χ0v) is 13.5. The van der Waals surface area contributed by atoms with Crippen LogP contribution in [-0.2, 0) is 4.74 Å². The number of hydrogen-bond acceptors (Lipinski definition) is 3. The molecule has 1 aliphatic heterocycles. The number of carbonyl (C=O) groups excluding carboxylic acids is 1. The van der Waals surface area contributed by atoms with Gasteiger partial charge in [-0.3, -0.25) is 9.89 Å². The number of ether oxygens (including phenoxy) is 1. The van der Waals surface area contributed by atoms with Crippen molar-refractivity contribution in [3.8, 4) is 0 Å². The number of nitrogens with one attached hydrogen (secondary N) is 1. The van der Waals surface area contributed by atoms with Crippen molar-refractivity contribution in [1.29, 1.82) is 0 Å². The molecule has 5 heteroatoms. The predicted molar refractivity (Wildman–Crippen MR) is 91.7 cm³/mol. The summed E-state index contributed by atoms with van der Waals surface area (Å²) in [7, 11) is 0. The SMILES string of the molecule is C[C@H]1CN(C(=O)c2cccc3[nH]ncc23)C[C@H](c2ccccc2)O1. The maximum Gasteiger partial charge on any atom is 0.254 e. The fourth-order valence-corrected chi connectivity index (χ4v) is 3.29. The molecule has 2 aromatic carbocycles. The summed E-state index contributed by atoms with van der Waals surface area (Å²) < 4.78 is 6.05. The minimum atomic E-state index is -0.0950. The Morgan fingerprint density at radius 3 is 2.83 bits per heavy atom. The highest BCUT2D eigenvalue weighted by Gasteiger charge is 2.30.